The Bertz CT molecular complexity index is 695. The van der Waals surface area contributed by atoms with Gasteiger partial charge in [-0.15, -0.1) is 0 Å². The number of carbonyl (C=O) groups is 1. The van der Waals surface area contributed by atoms with Gasteiger partial charge in [-0.3, -0.25) is 4.79 Å². The number of nitrogens with zero attached hydrogens (tertiary/aromatic N) is 2. The molecule has 1 aromatic carbocycles. The van der Waals surface area contributed by atoms with Crippen molar-refractivity contribution in [2.24, 2.45) is 4.99 Å². The van der Waals surface area contributed by atoms with Crippen molar-refractivity contribution in [2.75, 3.05) is 39.4 Å². The van der Waals surface area contributed by atoms with E-state index in [2.05, 4.69) is 29.4 Å². The quantitative estimate of drug-likeness (QED) is 0.503. The fourth-order valence-electron chi connectivity index (χ4n) is 3.99. The first-order valence-corrected chi connectivity index (χ1v) is 11.3. The van der Waals surface area contributed by atoms with Crippen molar-refractivity contribution in [2.45, 2.75) is 58.3 Å². The lowest BCUT2D eigenvalue weighted by atomic mass is 10.1. The van der Waals surface area contributed by atoms with E-state index in [4.69, 9.17) is 14.5 Å². The largest absolute Gasteiger partial charge is 0.378 e. The monoisotopic (exact) mass is 416 g/mol. The van der Waals surface area contributed by atoms with Gasteiger partial charge < -0.3 is 25.0 Å². The third-order valence-electron chi connectivity index (χ3n) is 5.59. The number of benzene rings is 1. The molecular formula is C23H36N4O3. The van der Waals surface area contributed by atoms with Crippen LogP contribution in [0.3, 0.4) is 0 Å². The third-order valence-corrected chi connectivity index (χ3v) is 5.59. The van der Waals surface area contributed by atoms with Gasteiger partial charge in [-0.05, 0) is 57.2 Å². The van der Waals surface area contributed by atoms with Gasteiger partial charge in [0.2, 0.25) is 0 Å². The van der Waals surface area contributed by atoms with Crippen molar-refractivity contribution in [3.8, 4) is 0 Å². The minimum absolute atomic E-state index is 0.0544. The van der Waals surface area contributed by atoms with Crippen molar-refractivity contribution in [3.05, 3.63) is 35.4 Å². The molecule has 0 saturated carbocycles. The minimum atomic E-state index is -0.0544. The average molecular weight is 417 g/mol. The molecule has 2 heterocycles. The number of likely N-dealkylation sites (tertiary alicyclic amines) is 1. The lowest BCUT2D eigenvalue weighted by Gasteiger charge is -2.34. The molecule has 3 rings (SSSR count). The Morgan fingerprint density at radius 1 is 1.23 bits per heavy atom. The molecule has 0 aliphatic carbocycles. The van der Waals surface area contributed by atoms with Crippen LogP contribution in [0.15, 0.2) is 29.3 Å². The molecule has 166 valence electrons. The summed E-state index contributed by atoms with van der Waals surface area (Å²) >= 11 is 0. The number of hydrogen-bond donors (Lipinski definition) is 2. The van der Waals surface area contributed by atoms with Crippen LogP contribution in [0.25, 0.3) is 0 Å². The summed E-state index contributed by atoms with van der Waals surface area (Å²) in [5, 5.41) is 6.39. The van der Waals surface area contributed by atoms with Gasteiger partial charge >= 0.3 is 0 Å². The summed E-state index contributed by atoms with van der Waals surface area (Å²) in [4.78, 5) is 19.6. The molecule has 1 atom stereocenters. The number of piperidine rings is 1. The third kappa shape index (κ3) is 6.71. The fourth-order valence-corrected chi connectivity index (χ4v) is 3.99. The number of ether oxygens (including phenoxy) is 2. The summed E-state index contributed by atoms with van der Waals surface area (Å²) in [6.45, 7) is 9.54. The number of rotatable bonds is 8. The lowest BCUT2D eigenvalue weighted by molar-refractivity contribution is 0.0263. The molecule has 1 aromatic rings. The molecule has 2 fully saturated rings. The van der Waals surface area contributed by atoms with Gasteiger partial charge in [-0.1, -0.05) is 12.1 Å². The van der Waals surface area contributed by atoms with Gasteiger partial charge in [0, 0.05) is 45.0 Å². The highest BCUT2D eigenvalue weighted by molar-refractivity contribution is 5.94. The molecule has 2 aliphatic heterocycles. The molecule has 0 bridgehead atoms. The smallest absolute Gasteiger partial charge is 0.251 e. The molecule has 0 radical (unpaired) electrons. The van der Waals surface area contributed by atoms with Gasteiger partial charge in [0.25, 0.3) is 5.91 Å². The van der Waals surface area contributed by atoms with Crippen molar-refractivity contribution < 1.29 is 14.3 Å². The Kier molecular flexibility index (Phi) is 8.96. The minimum Gasteiger partial charge on any atom is -0.378 e. The van der Waals surface area contributed by atoms with Crippen LogP contribution in [-0.4, -0.2) is 68.4 Å². The van der Waals surface area contributed by atoms with E-state index in [1.165, 1.54) is 0 Å². The summed E-state index contributed by atoms with van der Waals surface area (Å²) in [6, 6.07) is 7.72. The van der Waals surface area contributed by atoms with E-state index >= 15 is 0 Å². The van der Waals surface area contributed by atoms with E-state index in [1.807, 2.05) is 24.3 Å². The van der Waals surface area contributed by atoms with Gasteiger partial charge in [0.15, 0.2) is 5.96 Å². The first-order valence-electron chi connectivity index (χ1n) is 11.3. The summed E-state index contributed by atoms with van der Waals surface area (Å²) in [5.74, 6) is 0.877. The predicted molar refractivity (Wildman–Crippen MR) is 119 cm³/mol. The van der Waals surface area contributed by atoms with E-state index in [9.17, 15) is 4.79 Å². The zero-order valence-corrected chi connectivity index (χ0v) is 18.4. The molecule has 0 spiro atoms. The van der Waals surface area contributed by atoms with Gasteiger partial charge in [-0.2, -0.15) is 0 Å². The van der Waals surface area contributed by atoms with E-state index < -0.39 is 0 Å². The Hall–Kier alpha value is -2.12. The normalized spacial score (nSPS) is 20.4. The second kappa shape index (κ2) is 11.9. The first-order chi connectivity index (χ1) is 14.7. The van der Waals surface area contributed by atoms with E-state index in [0.29, 0.717) is 24.8 Å². The second-order valence-electron chi connectivity index (χ2n) is 7.86. The molecule has 30 heavy (non-hydrogen) atoms. The molecule has 2 N–H and O–H groups in total. The molecule has 7 nitrogen and oxygen atoms in total. The predicted octanol–water partition coefficient (Wildman–Crippen LogP) is 2.56. The highest BCUT2D eigenvalue weighted by Crippen LogP contribution is 2.15. The highest BCUT2D eigenvalue weighted by Gasteiger charge is 2.21. The van der Waals surface area contributed by atoms with Crippen LogP contribution < -0.4 is 10.6 Å². The molecule has 7 heteroatoms. The van der Waals surface area contributed by atoms with Crippen molar-refractivity contribution in [1.29, 1.82) is 0 Å². The first kappa shape index (κ1) is 22.6. The number of hydrogen-bond acceptors (Lipinski definition) is 4. The van der Waals surface area contributed by atoms with Crippen LogP contribution in [0.1, 0.15) is 55.5 Å². The van der Waals surface area contributed by atoms with Crippen LogP contribution in [-0.2, 0) is 16.0 Å². The maximum absolute atomic E-state index is 12.5. The number of guanidine groups is 1. The Morgan fingerprint density at radius 3 is 2.77 bits per heavy atom. The number of amides is 1. The maximum Gasteiger partial charge on any atom is 0.251 e. The Labute approximate surface area is 180 Å². The van der Waals surface area contributed by atoms with Crippen LogP contribution in [0, 0.1) is 0 Å². The average Bonchev–Trinajstić information content (AvgIpc) is 3.30. The standard InChI is InChI=1S/C23H36N4O3/c1-3-24-23(27-12-10-20(11-13-27)29-4-2)26-16-18-7-5-8-19(15-18)22(28)25-17-21-9-6-14-30-21/h5,7-8,15,20-21H,3-4,6,9-14,16-17H2,1-2H3,(H,24,26)(H,25,28). The van der Waals surface area contributed by atoms with Crippen molar-refractivity contribution in [1.82, 2.24) is 15.5 Å². The lowest BCUT2D eigenvalue weighted by Crippen LogP contribution is -2.47. The Balaban J connectivity index is 1.56. The van der Waals surface area contributed by atoms with Crippen molar-refractivity contribution in [3.63, 3.8) is 0 Å². The molecule has 0 aromatic heterocycles. The number of nitrogens with one attached hydrogen (secondary N) is 2. The topological polar surface area (TPSA) is 75.2 Å². The molecule has 1 unspecified atom stereocenters. The van der Waals surface area contributed by atoms with Gasteiger partial charge in [0.05, 0.1) is 18.8 Å². The molecule has 1 amide bonds. The van der Waals surface area contributed by atoms with Crippen molar-refractivity contribution >= 4 is 11.9 Å². The number of carbonyl (C=O) groups excluding carboxylic acids is 1. The molecular weight excluding hydrogens is 380 g/mol. The van der Waals surface area contributed by atoms with Gasteiger partial charge in [0.1, 0.15) is 0 Å². The van der Waals surface area contributed by atoms with Crippen LogP contribution >= 0.6 is 0 Å². The summed E-state index contributed by atoms with van der Waals surface area (Å²) in [7, 11) is 0. The van der Waals surface area contributed by atoms with Crippen LogP contribution in [0.2, 0.25) is 0 Å². The highest BCUT2D eigenvalue weighted by atomic mass is 16.5. The summed E-state index contributed by atoms with van der Waals surface area (Å²) < 4.78 is 11.3. The molecule has 2 aliphatic rings. The van der Waals surface area contributed by atoms with Crippen LogP contribution in [0.5, 0.6) is 0 Å². The molecule has 2 saturated heterocycles. The van der Waals surface area contributed by atoms with Crippen LogP contribution in [0.4, 0.5) is 0 Å². The van der Waals surface area contributed by atoms with E-state index in [1.54, 1.807) is 0 Å². The maximum atomic E-state index is 12.5. The second-order valence-corrected chi connectivity index (χ2v) is 7.86. The summed E-state index contributed by atoms with van der Waals surface area (Å²) in [5.41, 5.74) is 1.70. The zero-order chi connectivity index (χ0) is 21.2. The SMILES string of the molecule is CCNC(=NCc1cccc(C(=O)NCC2CCCO2)c1)N1CCC(OCC)CC1. The number of aliphatic imine (C=N–C) groups is 1. The van der Waals surface area contributed by atoms with E-state index in [-0.39, 0.29) is 12.0 Å². The van der Waals surface area contributed by atoms with E-state index in [0.717, 1.165) is 70.1 Å². The summed E-state index contributed by atoms with van der Waals surface area (Å²) in [6.07, 6.45) is 4.66. The zero-order valence-electron chi connectivity index (χ0n) is 18.4. The van der Waals surface area contributed by atoms with Gasteiger partial charge in [-0.25, -0.2) is 4.99 Å². The fraction of sp³-hybridized carbons (Fsp3) is 0.652. The Morgan fingerprint density at radius 2 is 2.07 bits per heavy atom.